The maximum atomic E-state index is 12.7. The van der Waals surface area contributed by atoms with E-state index in [1.165, 1.54) is 22.2 Å². The molecular formula is C14H13BrN4O2. The van der Waals surface area contributed by atoms with Crippen LogP contribution in [0.5, 0.6) is 0 Å². The van der Waals surface area contributed by atoms with Gasteiger partial charge in [-0.3, -0.25) is 14.5 Å². The van der Waals surface area contributed by atoms with E-state index in [1.807, 2.05) is 12.1 Å². The molecule has 0 saturated carbocycles. The Morgan fingerprint density at radius 1 is 1.19 bits per heavy atom. The first-order valence-electron chi connectivity index (χ1n) is 6.40. The van der Waals surface area contributed by atoms with Gasteiger partial charge in [-0.2, -0.15) is 5.10 Å². The molecule has 1 unspecified atom stereocenters. The summed E-state index contributed by atoms with van der Waals surface area (Å²) in [6.45, 7) is 3.28. The molecule has 6 nitrogen and oxygen atoms in total. The molecule has 0 radical (unpaired) electrons. The van der Waals surface area contributed by atoms with E-state index in [4.69, 9.17) is 0 Å². The molecule has 0 aliphatic carbocycles. The van der Waals surface area contributed by atoms with Crippen molar-refractivity contribution in [1.29, 1.82) is 0 Å². The molecule has 0 N–H and O–H groups in total. The van der Waals surface area contributed by atoms with Crippen LogP contribution in [0.25, 0.3) is 0 Å². The second-order valence-electron chi connectivity index (χ2n) is 5.39. The minimum atomic E-state index is -1.08. The van der Waals surface area contributed by atoms with Crippen molar-refractivity contribution in [1.82, 2.24) is 14.8 Å². The highest BCUT2D eigenvalue weighted by Gasteiger charge is 2.54. The van der Waals surface area contributed by atoms with Gasteiger partial charge in [-0.25, -0.2) is 9.67 Å². The van der Waals surface area contributed by atoms with Crippen molar-refractivity contribution in [2.75, 3.05) is 4.90 Å². The minimum absolute atomic E-state index is 0.194. The van der Waals surface area contributed by atoms with E-state index in [0.717, 1.165) is 4.47 Å². The Balaban J connectivity index is 2.13. The van der Waals surface area contributed by atoms with Gasteiger partial charge >= 0.3 is 0 Å². The maximum Gasteiger partial charge on any atom is 0.242 e. The number of amides is 1. The Morgan fingerprint density at radius 2 is 1.86 bits per heavy atom. The third kappa shape index (κ3) is 2.08. The number of Topliss-reactive ketones (excluding diaryl/α,β-unsaturated/α-hetero) is 1. The molecule has 108 valence electrons. The van der Waals surface area contributed by atoms with Crippen molar-refractivity contribution in [3.8, 4) is 0 Å². The molecule has 21 heavy (non-hydrogen) atoms. The number of halogens is 1. The molecule has 1 aliphatic rings. The third-order valence-corrected chi connectivity index (χ3v) is 4.17. The van der Waals surface area contributed by atoms with Crippen LogP contribution in [0.3, 0.4) is 0 Å². The molecule has 1 aromatic carbocycles. The number of hydrogen-bond donors (Lipinski definition) is 0. The highest BCUT2D eigenvalue weighted by atomic mass is 79.9. The molecule has 3 rings (SSSR count). The fourth-order valence-electron chi connectivity index (χ4n) is 2.40. The predicted molar refractivity (Wildman–Crippen MR) is 79.5 cm³/mol. The Labute approximate surface area is 129 Å². The van der Waals surface area contributed by atoms with E-state index in [0.29, 0.717) is 5.69 Å². The van der Waals surface area contributed by atoms with E-state index < -0.39 is 11.6 Å². The molecule has 2 aromatic rings. The number of rotatable bonds is 2. The molecule has 0 spiro atoms. The second kappa shape index (κ2) is 4.77. The number of ketones is 1. The van der Waals surface area contributed by atoms with E-state index >= 15 is 0 Å². The van der Waals surface area contributed by atoms with Crippen LogP contribution in [0, 0.1) is 5.41 Å². The molecule has 1 saturated heterocycles. The van der Waals surface area contributed by atoms with Crippen molar-refractivity contribution in [3.63, 3.8) is 0 Å². The quantitative estimate of drug-likeness (QED) is 0.780. The van der Waals surface area contributed by atoms with Gasteiger partial charge in [0, 0.05) is 10.2 Å². The van der Waals surface area contributed by atoms with Crippen LogP contribution in [0.4, 0.5) is 5.69 Å². The number of nitrogens with zero attached hydrogens (tertiary/aromatic N) is 4. The van der Waals surface area contributed by atoms with Crippen molar-refractivity contribution >= 4 is 33.3 Å². The largest absolute Gasteiger partial charge is 0.294 e. The first-order chi connectivity index (χ1) is 9.93. The topological polar surface area (TPSA) is 68.1 Å². The summed E-state index contributed by atoms with van der Waals surface area (Å²) in [6, 6.07) is 7.24. The number of carbonyl (C=O) groups excluding carboxylic acids is 2. The van der Waals surface area contributed by atoms with E-state index in [1.54, 1.807) is 26.0 Å². The van der Waals surface area contributed by atoms with Gasteiger partial charge in [0.15, 0.2) is 11.9 Å². The van der Waals surface area contributed by atoms with Crippen LogP contribution in [0.1, 0.15) is 20.0 Å². The fraction of sp³-hybridized carbons (Fsp3) is 0.286. The normalized spacial score (nSPS) is 21.1. The van der Waals surface area contributed by atoms with Crippen LogP contribution < -0.4 is 4.90 Å². The zero-order valence-electron chi connectivity index (χ0n) is 11.5. The Morgan fingerprint density at radius 3 is 2.43 bits per heavy atom. The lowest BCUT2D eigenvalue weighted by atomic mass is 9.90. The lowest BCUT2D eigenvalue weighted by Crippen LogP contribution is -2.34. The molecule has 2 heterocycles. The highest BCUT2D eigenvalue weighted by molar-refractivity contribution is 9.10. The highest BCUT2D eigenvalue weighted by Crippen LogP contribution is 2.40. The summed E-state index contributed by atoms with van der Waals surface area (Å²) in [5, 5.41) is 4.02. The third-order valence-electron chi connectivity index (χ3n) is 3.64. The lowest BCUT2D eigenvalue weighted by Gasteiger charge is -2.23. The monoisotopic (exact) mass is 348 g/mol. The fourth-order valence-corrected chi connectivity index (χ4v) is 2.66. The van der Waals surface area contributed by atoms with Crippen molar-refractivity contribution in [2.45, 2.75) is 20.0 Å². The van der Waals surface area contributed by atoms with Gasteiger partial charge in [0.25, 0.3) is 0 Å². The number of aromatic nitrogens is 3. The summed E-state index contributed by atoms with van der Waals surface area (Å²) in [5.41, 5.74) is -0.424. The SMILES string of the molecule is CC1(C)C(=O)C(n2cncn2)N(c2ccc(Br)cc2)C1=O. The summed E-state index contributed by atoms with van der Waals surface area (Å²) in [4.78, 5) is 30.6. The number of anilines is 1. The van der Waals surface area contributed by atoms with Crippen LogP contribution in [0.15, 0.2) is 41.4 Å². The van der Waals surface area contributed by atoms with Crippen molar-refractivity contribution in [2.24, 2.45) is 5.41 Å². The van der Waals surface area contributed by atoms with Crippen molar-refractivity contribution in [3.05, 3.63) is 41.4 Å². The number of hydrogen-bond acceptors (Lipinski definition) is 4. The van der Waals surface area contributed by atoms with Gasteiger partial charge in [-0.05, 0) is 38.1 Å². The van der Waals surface area contributed by atoms with Crippen LogP contribution in [-0.2, 0) is 9.59 Å². The molecule has 7 heteroatoms. The zero-order valence-corrected chi connectivity index (χ0v) is 13.1. The first-order valence-corrected chi connectivity index (χ1v) is 7.20. The van der Waals surface area contributed by atoms with Gasteiger partial charge in [0.1, 0.15) is 18.1 Å². The van der Waals surface area contributed by atoms with E-state index in [2.05, 4.69) is 26.0 Å². The van der Waals surface area contributed by atoms with Gasteiger partial charge in [-0.15, -0.1) is 0 Å². The molecule has 1 aliphatic heterocycles. The molecular weight excluding hydrogens is 336 g/mol. The zero-order chi connectivity index (χ0) is 15.2. The Bertz CT molecular complexity index is 694. The number of carbonyl (C=O) groups is 2. The molecule has 1 fully saturated rings. The molecule has 1 aromatic heterocycles. The van der Waals surface area contributed by atoms with Gasteiger partial charge < -0.3 is 0 Å². The Kier molecular flexibility index (Phi) is 3.16. The standard InChI is InChI=1S/C14H13BrN4O2/c1-14(2)11(20)12(18-8-16-7-17-18)19(13(14)21)10-5-3-9(15)4-6-10/h3-8,12H,1-2H3. The second-order valence-corrected chi connectivity index (χ2v) is 6.31. The molecule has 1 amide bonds. The summed E-state index contributed by atoms with van der Waals surface area (Å²) in [7, 11) is 0. The first kappa shape index (κ1) is 13.9. The lowest BCUT2D eigenvalue weighted by molar-refractivity contribution is -0.133. The van der Waals surface area contributed by atoms with Gasteiger partial charge in [0.2, 0.25) is 5.91 Å². The number of benzene rings is 1. The smallest absolute Gasteiger partial charge is 0.242 e. The van der Waals surface area contributed by atoms with Crippen LogP contribution in [-0.4, -0.2) is 26.5 Å². The summed E-state index contributed by atoms with van der Waals surface area (Å²) in [5.74, 6) is -0.434. The van der Waals surface area contributed by atoms with Gasteiger partial charge in [0.05, 0.1) is 0 Å². The van der Waals surface area contributed by atoms with Crippen molar-refractivity contribution < 1.29 is 9.59 Å². The Hall–Kier alpha value is -2.02. The molecule has 0 bridgehead atoms. The summed E-state index contributed by atoms with van der Waals surface area (Å²) < 4.78 is 2.32. The summed E-state index contributed by atoms with van der Waals surface area (Å²) >= 11 is 3.36. The van der Waals surface area contributed by atoms with E-state index in [9.17, 15) is 9.59 Å². The maximum absolute atomic E-state index is 12.7. The summed E-state index contributed by atoms with van der Waals surface area (Å²) in [6.07, 6.45) is 2.00. The van der Waals surface area contributed by atoms with Crippen LogP contribution in [0.2, 0.25) is 0 Å². The van der Waals surface area contributed by atoms with E-state index in [-0.39, 0.29) is 11.7 Å². The average Bonchev–Trinajstić information content (AvgIpc) is 3.03. The predicted octanol–water partition coefficient (Wildman–Crippen LogP) is 2.18. The van der Waals surface area contributed by atoms with Gasteiger partial charge in [-0.1, -0.05) is 15.9 Å². The molecule has 1 atom stereocenters. The van der Waals surface area contributed by atoms with Crippen LogP contribution >= 0.6 is 15.9 Å². The average molecular weight is 349 g/mol. The minimum Gasteiger partial charge on any atom is -0.294 e.